The molecular weight excluding hydrogens is 346 g/mol. The molecule has 1 aromatic heterocycles. The Morgan fingerprint density at radius 3 is 2.93 bits per heavy atom. The van der Waals surface area contributed by atoms with Crippen molar-refractivity contribution in [1.82, 2.24) is 15.1 Å². The number of nitrogens with one attached hydrogen (secondary N) is 1. The lowest BCUT2D eigenvalue weighted by Crippen LogP contribution is -2.47. The molecule has 1 aromatic carbocycles. The fourth-order valence-corrected chi connectivity index (χ4v) is 3.26. The van der Waals surface area contributed by atoms with Gasteiger partial charge in [-0.25, -0.2) is 4.68 Å². The predicted molar refractivity (Wildman–Crippen MR) is 102 cm³/mol. The summed E-state index contributed by atoms with van der Waals surface area (Å²) < 4.78 is 12.1. The number of rotatable bonds is 5. The molecule has 1 N–H and O–H groups in total. The third-order valence-corrected chi connectivity index (χ3v) is 4.59. The zero-order valence-electron chi connectivity index (χ0n) is 15.9. The molecule has 7 nitrogen and oxygen atoms in total. The number of benzene rings is 1. The average Bonchev–Trinajstić information content (AvgIpc) is 2.62. The number of amides is 1. The van der Waals surface area contributed by atoms with Crippen LogP contribution in [0.1, 0.15) is 26.7 Å². The number of hydrogen-bond acceptors (Lipinski definition) is 5. The lowest BCUT2D eigenvalue weighted by molar-refractivity contribution is -0.124. The molecule has 1 unspecified atom stereocenters. The fourth-order valence-electron chi connectivity index (χ4n) is 3.26. The van der Waals surface area contributed by atoms with Gasteiger partial charge in [0.2, 0.25) is 5.91 Å². The molecule has 144 valence electrons. The van der Waals surface area contributed by atoms with Crippen molar-refractivity contribution in [2.24, 2.45) is 0 Å². The second kappa shape index (κ2) is 7.92. The number of carbonyl (C=O) groups is 1. The third-order valence-electron chi connectivity index (χ3n) is 4.59. The second-order valence-electron chi connectivity index (χ2n) is 7.31. The summed E-state index contributed by atoms with van der Waals surface area (Å²) in [4.78, 5) is 24.6. The number of ether oxygens (including phenoxy) is 2. The molecule has 0 radical (unpaired) electrons. The van der Waals surface area contributed by atoms with Crippen molar-refractivity contribution < 1.29 is 14.3 Å². The highest BCUT2D eigenvalue weighted by atomic mass is 16.5. The van der Waals surface area contributed by atoms with Crippen molar-refractivity contribution in [1.29, 1.82) is 0 Å². The van der Waals surface area contributed by atoms with Gasteiger partial charge in [-0.15, -0.1) is 0 Å². The molecule has 0 saturated carbocycles. The highest BCUT2D eigenvalue weighted by Gasteiger charge is 2.29. The van der Waals surface area contributed by atoms with E-state index in [1.54, 1.807) is 13.2 Å². The van der Waals surface area contributed by atoms with Gasteiger partial charge in [0.1, 0.15) is 12.3 Å². The van der Waals surface area contributed by atoms with E-state index in [4.69, 9.17) is 9.47 Å². The fraction of sp³-hybridized carbons (Fsp3) is 0.450. The van der Waals surface area contributed by atoms with E-state index in [2.05, 4.69) is 10.4 Å². The summed E-state index contributed by atoms with van der Waals surface area (Å²) in [6.07, 6.45) is 1.51. The molecule has 0 aliphatic carbocycles. The van der Waals surface area contributed by atoms with Gasteiger partial charge in [0.15, 0.2) is 0 Å². The van der Waals surface area contributed by atoms with Crippen molar-refractivity contribution in [3.63, 3.8) is 0 Å². The Balaban J connectivity index is 1.73. The van der Waals surface area contributed by atoms with E-state index in [-0.39, 0.29) is 29.7 Å². The zero-order chi connectivity index (χ0) is 19.4. The second-order valence-corrected chi connectivity index (χ2v) is 7.31. The Labute approximate surface area is 158 Å². The van der Waals surface area contributed by atoms with E-state index >= 15 is 0 Å². The summed E-state index contributed by atoms with van der Waals surface area (Å²) in [7, 11) is 1.59. The van der Waals surface area contributed by atoms with Crippen LogP contribution in [0.15, 0.2) is 41.2 Å². The zero-order valence-corrected chi connectivity index (χ0v) is 15.9. The molecule has 3 rings (SSSR count). The van der Waals surface area contributed by atoms with Gasteiger partial charge in [-0.3, -0.25) is 9.59 Å². The molecule has 7 heteroatoms. The lowest BCUT2D eigenvalue weighted by Gasteiger charge is -2.35. The van der Waals surface area contributed by atoms with Crippen molar-refractivity contribution >= 4 is 5.91 Å². The van der Waals surface area contributed by atoms with Crippen LogP contribution in [0.5, 0.6) is 5.75 Å². The molecule has 2 aromatic rings. The van der Waals surface area contributed by atoms with Crippen LogP contribution in [0.3, 0.4) is 0 Å². The Morgan fingerprint density at radius 2 is 2.19 bits per heavy atom. The van der Waals surface area contributed by atoms with E-state index in [9.17, 15) is 9.59 Å². The van der Waals surface area contributed by atoms with Crippen LogP contribution in [0.4, 0.5) is 0 Å². The maximum absolute atomic E-state index is 12.4. The van der Waals surface area contributed by atoms with E-state index in [0.29, 0.717) is 18.1 Å². The molecule has 1 fully saturated rings. The molecule has 1 amide bonds. The van der Waals surface area contributed by atoms with Crippen LogP contribution in [-0.2, 0) is 16.1 Å². The highest BCUT2D eigenvalue weighted by Crippen LogP contribution is 2.24. The summed E-state index contributed by atoms with van der Waals surface area (Å²) >= 11 is 0. The summed E-state index contributed by atoms with van der Waals surface area (Å²) in [5.74, 6) is 0.474. The SMILES string of the molecule is COc1cccc(-c2ccc(=O)n(CC(=O)NC3CCOC(C)(C)C3)n2)c1. The maximum Gasteiger partial charge on any atom is 0.267 e. The summed E-state index contributed by atoms with van der Waals surface area (Å²) in [6, 6.07) is 10.5. The van der Waals surface area contributed by atoms with Gasteiger partial charge >= 0.3 is 0 Å². The van der Waals surface area contributed by atoms with Crippen molar-refractivity contribution in [2.45, 2.75) is 44.9 Å². The quantitative estimate of drug-likeness (QED) is 0.869. The van der Waals surface area contributed by atoms with Crippen LogP contribution in [-0.4, -0.2) is 41.0 Å². The van der Waals surface area contributed by atoms with Gasteiger partial charge in [-0.1, -0.05) is 12.1 Å². The normalized spacial score (nSPS) is 18.7. The van der Waals surface area contributed by atoms with Crippen molar-refractivity contribution in [3.05, 3.63) is 46.8 Å². The lowest BCUT2D eigenvalue weighted by atomic mass is 9.94. The first-order chi connectivity index (χ1) is 12.9. The van der Waals surface area contributed by atoms with E-state index < -0.39 is 0 Å². The van der Waals surface area contributed by atoms with Crippen LogP contribution < -0.4 is 15.6 Å². The molecule has 2 heterocycles. The molecule has 1 atom stereocenters. The largest absolute Gasteiger partial charge is 0.497 e. The Morgan fingerprint density at radius 1 is 1.37 bits per heavy atom. The predicted octanol–water partition coefficient (Wildman–Crippen LogP) is 1.99. The number of methoxy groups -OCH3 is 1. The summed E-state index contributed by atoms with van der Waals surface area (Å²) in [5, 5.41) is 7.33. The minimum absolute atomic E-state index is 0.0403. The van der Waals surface area contributed by atoms with E-state index in [1.807, 2.05) is 38.1 Å². The number of carbonyl (C=O) groups excluding carboxylic acids is 1. The van der Waals surface area contributed by atoms with Crippen molar-refractivity contribution in [3.8, 4) is 17.0 Å². The minimum atomic E-state index is -0.316. The van der Waals surface area contributed by atoms with Gasteiger partial charge in [0.05, 0.1) is 18.4 Å². The highest BCUT2D eigenvalue weighted by molar-refractivity contribution is 5.76. The van der Waals surface area contributed by atoms with Crippen LogP contribution >= 0.6 is 0 Å². The van der Waals surface area contributed by atoms with Crippen LogP contribution in [0.2, 0.25) is 0 Å². The molecular formula is C20H25N3O4. The molecule has 1 aliphatic heterocycles. The van der Waals surface area contributed by atoms with E-state index in [1.165, 1.54) is 10.7 Å². The molecule has 0 bridgehead atoms. The standard InChI is InChI=1S/C20H25N3O4/c1-20(2)12-15(9-10-27-20)21-18(24)13-23-19(25)8-7-17(22-23)14-5-4-6-16(11-14)26-3/h4-8,11,15H,9-10,12-13H2,1-3H3,(H,21,24). The smallest absolute Gasteiger partial charge is 0.267 e. The van der Waals surface area contributed by atoms with Gasteiger partial charge < -0.3 is 14.8 Å². The molecule has 1 saturated heterocycles. The van der Waals surface area contributed by atoms with E-state index in [0.717, 1.165) is 18.4 Å². The Kier molecular flexibility index (Phi) is 5.60. The van der Waals surface area contributed by atoms with Crippen LogP contribution in [0.25, 0.3) is 11.3 Å². The Bertz CT molecular complexity index is 876. The van der Waals surface area contributed by atoms with Crippen LogP contribution in [0, 0.1) is 0 Å². The Hall–Kier alpha value is -2.67. The number of nitrogens with zero attached hydrogens (tertiary/aromatic N) is 2. The van der Waals surface area contributed by atoms with Gasteiger partial charge in [0.25, 0.3) is 5.56 Å². The maximum atomic E-state index is 12.4. The molecule has 27 heavy (non-hydrogen) atoms. The van der Waals surface area contributed by atoms with Gasteiger partial charge in [-0.05, 0) is 44.9 Å². The molecule has 0 spiro atoms. The average molecular weight is 371 g/mol. The van der Waals surface area contributed by atoms with Gasteiger partial charge in [-0.2, -0.15) is 5.10 Å². The number of aromatic nitrogens is 2. The third kappa shape index (κ3) is 4.95. The first-order valence-corrected chi connectivity index (χ1v) is 9.02. The van der Waals surface area contributed by atoms with Crippen molar-refractivity contribution in [2.75, 3.05) is 13.7 Å². The minimum Gasteiger partial charge on any atom is -0.497 e. The summed E-state index contributed by atoms with van der Waals surface area (Å²) in [5.41, 5.74) is 0.852. The molecule has 1 aliphatic rings. The monoisotopic (exact) mass is 371 g/mol. The first kappa shape index (κ1) is 19.1. The number of hydrogen-bond donors (Lipinski definition) is 1. The topological polar surface area (TPSA) is 82.5 Å². The first-order valence-electron chi connectivity index (χ1n) is 9.02. The van der Waals surface area contributed by atoms with Gasteiger partial charge in [0, 0.05) is 24.3 Å². The summed E-state index contributed by atoms with van der Waals surface area (Å²) in [6.45, 7) is 4.51.